The molecule has 0 bridgehead atoms. The molecule has 0 aromatic rings. The zero-order chi connectivity index (χ0) is 5.98. The molecular formula is C3H3N3O2. The van der Waals surface area contributed by atoms with Gasteiger partial charge < -0.3 is 10.1 Å². The minimum atomic E-state index is -0.608. The van der Waals surface area contributed by atoms with E-state index < -0.39 is 4.92 Å². The highest BCUT2D eigenvalue weighted by molar-refractivity contribution is 5.87. The summed E-state index contributed by atoms with van der Waals surface area (Å²) in [4.78, 5) is 15.9. The van der Waals surface area contributed by atoms with Crippen LogP contribution >= 0.6 is 0 Å². The third kappa shape index (κ3) is 0.699. The second kappa shape index (κ2) is 1.69. The molecule has 42 valence electrons. The number of rotatable bonds is 0. The molecule has 0 aromatic heterocycles. The highest BCUT2D eigenvalue weighted by atomic mass is 16.6. The minimum absolute atomic E-state index is 0.287. The van der Waals surface area contributed by atoms with Gasteiger partial charge in [-0.15, -0.1) is 0 Å². The molecule has 0 N–H and O–H groups in total. The van der Waals surface area contributed by atoms with Crippen molar-refractivity contribution in [2.45, 2.75) is 0 Å². The summed E-state index contributed by atoms with van der Waals surface area (Å²) in [6, 6.07) is 0. The molecule has 0 aromatic carbocycles. The van der Waals surface area contributed by atoms with Crippen molar-refractivity contribution in [1.29, 1.82) is 0 Å². The lowest BCUT2D eigenvalue weighted by molar-refractivity contribution is -0.351. The van der Waals surface area contributed by atoms with Gasteiger partial charge in [-0.25, -0.2) is 0 Å². The fraction of sp³-hybridized carbons (Fsp3) is 0.333. The van der Waals surface area contributed by atoms with Gasteiger partial charge in [-0.05, 0) is 4.92 Å². The lowest BCUT2D eigenvalue weighted by Crippen LogP contribution is -2.05. The summed E-state index contributed by atoms with van der Waals surface area (Å²) >= 11 is 0. The van der Waals surface area contributed by atoms with Crippen molar-refractivity contribution >= 4 is 12.2 Å². The molecular weight excluding hydrogens is 110 g/mol. The van der Waals surface area contributed by atoms with Crippen molar-refractivity contribution in [3.63, 3.8) is 0 Å². The van der Waals surface area contributed by atoms with Crippen LogP contribution in [0.4, 0.5) is 0 Å². The quantitative estimate of drug-likeness (QED) is 0.319. The molecule has 0 saturated heterocycles. The van der Waals surface area contributed by atoms with Gasteiger partial charge in [0.1, 0.15) is 6.21 Å². The predicted octanol–water partition coefficient (Wildman–Crippen LogP) is -0.297. The Kier molecular flexibility index (Phi) is 1.03. The Morgan fingerprint density at radius 1 is 1.88 bits per heavy atom. The van der Waals surface area contributed by atoms with Gasteiger partial charge >= 0.3 is 5.96 Å². The van der Waals surface area contributed by atoms with Gasteiger partial charge in [0.05, 0.1) is 0 Å². The van der Waals surface area contributed by atoms with Crippen molar-refractivity contribution in [2.24, 2.45) is 9.98 Å². The molecule has 8 heavy (non-hydrogen) atoms. The van der Waals surface area contributed by atoms with Gasteiger partial charge in [-0.2, -0.15) is 0 Å². The van der Waals surface area contributed by atoms with E-state index in [2.05, 4.69) is 9.98 Å². The summed E-state index contributed by atoms with van der Waals surface area (Å²) in [7, 11) is 0. The average molecular weight is 113 g/mol. The molecule has 0 saturated carbocycles. The average Bonchev–Trinajstić information content (AvgIpc) is 2.12. The first-order valence-electron chi connectivity index (χ1n) is 2.02. The van der Waals surface area contributed by atoms with Crippen molar-refractivity contribution in [2.75, 3.05) is 6.54 Å². The number of nitro groups is 1. The molecule has 0 fully saturated rings. The van der Waals surface area contributed by atoms with E-state index in [0.717, 1.165) is 0 Å². The van der Waals surface area contributed by atoms with E-state index in [-0.39, 0.29) is 5.96 Å². The minimum Gasteiger partial charge on any atom is -0.390 e. The second-order valence-electron chi connectivity index (χ2n) is 1.21. The second-order valence-corrected chi connectivity index (χ2v) is 1.21. The van der Waals surface area contributed by atoms with Crippen LogP contribution < -0.4 is 0 Å². The molecule has 0 atom stereocenters. The molecule has 1 heterocycles. The lowest BCUT2D eigenvalue weighted by atomic mass is 10.8. The number of aliphatic imine (C=N–C) groups is 2. The van der Waals surface area contributed by atoms with Crippen LogP contribution in [0.5, 0.6) is 0 Å². The van der Waals surface area contributed by atoms with Crippen LogP contribution in [-0.2, 0) is 0 Å². The van der Waals surface area contributed by atoms with Gasteiger partial charge in [0, 0.05) is 0 Å². The topological polar surface area (TPSA) is 67.9 Å². The first-order chi connectivity index (χ1) is 3.80. The highest BCUT2D eigenvalue weighted by Gasteiger charge is 2.12. The zero-order valence-electron chi connectivity index (χ0n) is 3.94. The molecule has 0 radical (unpaired) electrons. The zero-order valence-corrected chi connectivity index (χ0v) is 3.94. The predicted molar refractivity (Wildman–Crippen MR) is 27.8 cm³/mol. The third-order valence-electron chi connectivity index (χ3n) is 0.684. The maximum Gasteiger partial charge on any atom is 0.463 e. The van der Waals surface area contributed by atoms with E-state index in [1.54, 1.807) is 0 Å². The molecule has 5 heteroatoms. The van der Waals surface area contributed by atoms with Gasteiger partial charge in [0.15, 0.2) is 6.54 Å². The Labute approximate surface area is 44.9 Å². The van der Waals surface area contributed by atoms with Crippen LogP contribution in [0.1, 0.15) is 0 Å². The summed E-state index contributed by atoms with van der Waals surface area (Å²) in [5, 5.41) is 9.76. The summed E-state index contributed by atoms with van der Waals surface area (Å²) in [5.74, 6) is -0.287. The monoisotopic (exact) mass is 113 g/mol. The fourth-order valence-electron chi connectivity index (χ4n) is 0.391. The van der Waals surface area contributed by atoms with E-state index in [0.29, 0.717) is 6.54 Å². The molecule has 0 aliphatic carbocycles. The van der Waals surface area contributed by atoms with E-state index in [1.807, 2.05) is 0 Å². The number of guanidine groups is 1. The maximum absolute atomic E-state index is 9.76. The van der Waals surface area contributed by atoms with Crippen LogP contribution in [0, 0.1) is 10.1 Å². The Bertz CT molecular complexity index is 171. The molecule has 0 unspecified atom stereocenters. The molecule has 1 rings (SSSR count). The Balaban J connectivity index is 2.72. The molecule has 1 aliphatic rings. The van der Waals surface area contributed by atoms with Crippen molar-refractivity contribution in [3.05, 3.63) is 10.1 Å². The molecule has 0 amide bonds. The number of nitrogens with zero attached hydrogens (tertiary/aromatic N) is 3. The number of hydrogen-bond donors (Lipinski definition) is 0. The standard InChI is InChI=1S/C3H3N3O2/c7-6(8)3-4-1-2-5-3/h1H,2H2. The van der Waals surface area contributed by atoms with Gasteiger partial charge in [-0.1, -0.05) is 9.98 Å². The largest absolute Gasteiger partial charge is 0.463 e. The van der Waals surface area contributed by atoms with Crippen molar-refractivity contribution < 1.29 is 4.92 Å². The van der Waals surface area contributed by atoms with Crippen molar-refractivity contribution in [1.82, 2.24) is 0 Å². The number of hydrogen-bond acceptors (Lipinski definition) is 4. The maximum atomic E-state index is 9.76. The van der Waals surface area contributed by atoms with Gasteiger partial charge in [0.2, 0.25) is 0 Å². The van der Waals surface area contributed by atoms with Crippen LogP contribution in [0.3, 0.4) is 0 Å². The van der Waals surface area contributed by atoms with E-state index in [9.17, 15) is 10.1 Å². The Morgan fingerprint density at radius 3 is 2.88 bits per heavy atom. The van der Waals surface area contributed by atoms with Crippen molar-refractivity contribution in [3.8, 4) is 0 Å². The van der Waals surface area contributed by atoms with Crippen LogP contribution in [0.15, 0.2) is 9.98 Å². The van der Waals surface area contributed by atoms with Gasteiger partial charge in [-0.3, -0.25) is 0 Å². The molecule has 1 aliphatic heterocycles. The van der Waals surface area contributed by atoms with E-state index in [4.69, 9.17) is 0 Å². The summed E-state index contributed by atoms with van der Waals surface area (Å²) in [6.07, 6.45) is 1.40. The lowest BCUT2D eigenvalue weighted by Gasteiger charge is -1.84. The normalized spacial score (nSPS) is 16.2. The van der Waals surface area contributed by atoms with Crippen LogP contribution in [0.25, 0.3) is 0 Å². The summed E-state index contributed by atoms with van der Waals surface area (Å²) in [5.41, 5.74) is 0. The Hall–Kier alpha value is -1.26. The van der Waals surface area contributed by atoms with E-state index >= 15 is 0 Å². The molecule has 0 spiro atoms. The smallest absolute Gasteiger partial charge is 0.390 e. The van der Waals surface area contributed by atoms with Crippen LogP contribution in [-0.4, -0.2) is 23.6 Å². The highest BCUT2D eigenvalue weighted by Crippen LogP contribution is 1.87. The first-order valence-corrected chi connectivity index (χ1v) is 2.02. The SMILES string of the molecule is O=[N+]([O-])C1=NCC=N1. The first kappa shape index (κ1) is 4.89. The van der Waals surface area contributed by atoms with Gasteiger partial charge in [0.25, 0.3) is 0 Å². The summed E-state index contributed by atoms with van der Waals surface area (Å²) in [6.45, 7) is 0.344. The Morgan fingerprint density at radius 2 is 2.62 bits per heavy atom. The van der Waals surface area contributed by atoms with E-state index in [1.165, 1.54) is 6.21 Å². The third-order valence-corrected chi connectivity index (χ3v) is 0.684. The molecule has 5 nitrogen and oxygen atoms in total. The summed E-state index contributed by atoms with van der Waals surface area (Å²) < 4.78 is 0. The van der Waals surface area contributed by atoms with Crippen LogP contribution in [0.2, 0.25) is 0 Å². The fourth-order valence-corrected chi connectivity index (χ4v) is 0.391.